The maximum atomic E-state index is 12.5. The van der Waals surface area contributed by atoms with E-state index in [1.807, 2.05) is 11.0 Å². The third-order valence-corrected chi connectivity index (χ3v) is 6.88. The van der Waals surface area contributed by atoms with Gasteiger partial charge in [-0.3, -0.25) is 4.79 Å². The van der Waals surface area contributed by atoms with Crippen molar-refractivity contribution in [2.75, 3.05) is 50.7 Å². The molecule has 4 rings (SSSR count). The van der Waals surface area contributed by atoms with E-state index in [4.69, 9.17) is 14.4 Å². The van der Waals surface area contributed by atoms with Gasteiger partial charge in [0.25, 0.3) is 5.91 Å². The van der Waals surface area contributed by atoms with Gasteiger partial charge in [-0.05, 0) is 38.3 Å². The Labute approximate surface area is 182 Å². The molecule has 30 heavy (non-hydrogen) atoms. The number of anilines is 1. The number of likely N-dealkylation sites (tertiary alicyclic amines) is 1. The van der Waals surface area contributed by atoms with Gasteiger partial charge in [0.05, 0.1) is 38.5 Å². The number of aromatic nitrogens is 2. The van der Waals surface area contributed by atoms with Crippen LogP contribution in [0.25, 0.3) is 0 Å². The van der Waals surface area contributed by atoms with Crippen LogP contribution in [0, 0.1) is 0 Å². The predicted molar refractivity (Wildman–Crippen MR) is 118 cm³/mol. The van der Waals surface area contributed by atoms with Crippen molar-refractivity contribution in [1.29, 1.82) is 0 Å². The number of hydrogen-bond acceptors (Lipinski definition) is 6. The zero-order chi connectivity index (χ0) is 20.9. The minimum absolute atomic E-state index is 0.00335. The van der Waals surface area contributed by atoms with Crippen molar-refractivity contribution < 1.29 is 14.1 Å². The molecule has 2 aliphatic rings. The first-order valence-corrected chi connectivity index (χ1v) is 12.1. The summed E-state index contributed by atoms with van der Waals surface area (Å²) >= 11 is 1.57. The molecule has 0 spiro atoms. The maximum absolute atomic E-state index is 12.5. The fourth-order valence-corrected chi connectivity index (χ4v) is 4.82. The zero-order valence-corrected chi connectivity index (χ0v) is 18.8. The molecule has 2 fully saturated rings. The molecule has 0 saturated carbocycles. The molecule has 1 N–H and O–H groups in total. The highest BCUT2D eigenvalue weighted by Crippen LogP contribution is 2.25. The van der Waals surface area contributed by atoms with Crippen LogP contribution in [-0.4, -0.2) is 66.6 Å². The molecule has 0 unspecified atom stereocenters. The van der Waals surface area contributed by atoms with Crippen molar-refractivity contribution in [2.24, 2.45) is 0 Å². The molecule has 0 aliphatic carbocycles. The van der Waals surface area contributed by atoms with Gasteiger partial charge in [-0.15, -0.1) is 0 Å². The normalized spacial score (nSPS) is 17.7. The van der Waals surface area contributed by atoms with Crippen LogP contribution >= 0.6 is 11.8 Å². The molecule has 2 aromatic rings. The van der Waals surface area contributed by atoms with Gasteiger partial charge >= 0.3 is 0 Å². The third kappa shape index (κ3) is 4.98. The second-order valence-corrected chi connectivity index (χ2v) is 8.94. The number of hydrogen-bond donors (Lipinski definition) is 1. The molecule has 2 aromatic heterocycles. The lowest BCUT2D eigenvalue weighted by molar-refractivity contribution is -0.898. The number of rotatable bonds is 7. The van der Waals surface area contributed by atoms with Gasteiger partial charge in [-0.2, -0.15) is 0 Å². The average Bonchev–Trinajstić information content (AvgIpc) is 3.49. The van der Waals surface area contributed by atoms with Crippen LogP contribution < -0.4 is 9.80 Å². The van der Waals surface area contributed by atoms with Crippen LogP contribution in [0.3, 0.4) is 0 Å². The number of thioether (sulfide) groups is 1. The molecule has 4 heterocycles. The molecule has 0 atom stereocenters. The summed E-state index contributed by atoms with van der Waals surface area (Å²) in [6.45, 7) is 11.6. The van der Waals surface area contributed by atoms with Crippen molar-refractivity contribution in [1.82, 2.24) is 14.9 Å². The Bertz CT molecular complexity index is 857. The van der Waals surface area contributed by atoms with Crippen LogP contribution in [0.15, 0.2) is 27.8 Å². The van der Waals surface area contributed by atoms with Crippen LogP contribution in [-0.2, 0) is 12.2 Å². The third-order valence-electron chi connectivity index (χ3n) is 6.01. The van der Waals surface area contributed by atoms with E-state index in [0.29, 0.717) is 11.5 Å². The molecule has 7 nitrogen and oxygen atoms in total. The summed E-state index contributed by atoms with van der Waals surface area (Å²) < 4.78 is 5.83. The second-order valence-electron chi connectivity index (χ2n) is 8.00. The van der Waals surface area contributed by atoms with Crippen molar-refractivity contribution in [3.8, 4) is 0 Å². The monoisotopic (exact) mass is 430 g/mol. The predicted octanol–water partition coefficient (Wildman–Crippen LogP) is 1.89. The number of furan rings is 1. The Morgan fingerprint density at radius 2 is 1.90 bits per heavy atom. The smallest absolute Gasteiger partial charge is 0.289 e. The number of carbonyl (C=O) groups excluding carboxylic acids is 1. The van der Waals surface area contributed by atoms with Crippen molar-refractivity contribution in [3.05, 3.63) is 35.4 Å². The highest BCUT2D eigenvalue weighted by Gasteiger charge is 2.23. The Morgan fingerprint density at radius 1 is 1.13 bits per heavy atom. The molecule has 0 radical (unpaired) electrons. The quantitative estimate of drug-likeness (QED) is 0.535. The highest BCUT2D eigenvalue weighted by molar-refractivity contribution is 7.98. The Morgan fingerprint density at radius 3 is 2.60 bits per heavy atom. The summed E-state index contributed by atoms with van der Waals surface area (Å²) in [6, 6.07) is 5.81. The van der Waals surface area contributed by atoms with E-state index in [1.165, 1.54) is 6.54 Å². The standard InChI is InChI=1S/C22H31N5O2S/c1-3-17-15-20(26-13-11-25(4-2)12-14-26)24-22(23-17)30-16-18-7-8-19(29-18)21(28)27-9-5-6-10-27/h7-8,15H,3-6,9-14,16H2,1-2H3/p+1. The lowest BCUT2D eigenvalue weighted by atomic mass is 10.2. The molecule has 1 amide bonds. The van der Waals surface area contributed by atoms with Gasteiger partial charge in [0.2, 0.25) is 0 Å². The molecule has 162 valence electrons. The summed E-state index contributed by atoms with van der Waals surface area (Å²) in [4.78, 5) is 27.9. The summed E-state index contributed by atoms with van der Waals surface area (Å²) in [5.41, 5.74) is 1.07. The fraction of sp³-hybridized carbons (Fsp3) is 0.591. The summed E-state index contributed by atoms with van der Waals surface area (Å²) in [7, 11) is 0. The van der Waals surface area contributed by atoms with Gasteiger partial charge in [-0.1, -0.05) is 18.7 Å². The van der Waals surface area contributed by atoms with E-state index in [2.05, 4.69) is 24.8 Å². The van der Waals surface area contributed by atoms with E-state index in [-0.39, 0.29) is 5.91 Å². The van der Waals surface area contributed by atoms with Gasteiger partial charge < -0.3 is 19.1 Å². The number of aryl methyl sites for hydroxylation is 1. The minimum atomic E-state index is 0.00335. The number of nitrogens with zero attached hydrogens (tertiary/aromatic N) is 4. The number of quaternary nitrogens is 1. The topological polar surface area (TPSA) is 66.9 Å². The number of nitrogens with one attached hydrogen (secondary N) is 1. The van der Waals surface area contributed by atoms with Gasteiger partial charge in [-0.25, -0.2) is 9.97 Å². The average molecular weight is 431 g/mol. The molecule has 8 heteroatoms. The van der Waals surface area contributed by atoms with E-state index in [1.54, 1.807) is 22.7 Å². The fourth-order valence-electron chi connectivity index (χ4n) is 4.05. The zero-order valence-electron chi connectivity index (χ0n) is 18.0. The number of amides is 1. The SMILES string of the molecule is CCc1cc(N2CC[NH+](CC)CC2)nc(SCc2ccc(C(=O)N3CCCC3)o2)n1. The summed E-state index contributed by atoms with van der Waals surface area (Å²) in [5, 5.41) is 0.776. The maximum Gasteiger partial charge on any atom is 0.289 e. The molecular weight excluding hydrogens is 398 g/mol. The number of piperazine rings is 1. The van der Waals surface area contributed by atoms with E-state index in [0.717, 1.165) is 81.0 Å². The summed E-state index contributed by atoms with van der Waals surface area (Å²) in [6.07, 6.45) is 3.05. The Balaban J connectivity index is 1.40. The summed E-state index contributed by atoms with van der Waals surface area (Å²) in [5.74, 6) is 2.88. The Kier molecular flexibility index (Phi) is 6.94. The van der Waals surface area contributed by atoms with Gasteiger partial charge in [0.1, 0.15) is 11.6 Å². The second kappa shape index (κ2) is 9.83. The van der Waals surface area contributed by atoms with Gasteiger partial charge in [0.15, 0.2) is 10.9 Å². The van der Waals surface area contributed by atoms with Crippen LogP contribution in [0.2, 0.25) is 0 Å². The lowest BCUT2D eigenvalue weighted by Crippen LogP contribution is -3.14. The van der Waals surface area contributed by atoms with Gasteiger partial charge in [0, 0.05) is 24.8 Å². The molecule has 0 bridgehead atoms. The number of carbonyl (C=O) groups is 1. The lowest BCUT2D eigenvalue weighted by Gasteiger charge is -2.32. The van der Waals surface area contributed by atoms with Crippen molar-refractivity contribution in [2.45, 2.75) is 44.0 Å². The van der Waals surface area contributed by atoms with Crippen LogP contribution in [0.5, 0.6) is 0 Å². The first-order valence-electron chi connectivity index (χ1n) is 11.1. The molecule has 2 aliphatic heterocycles. The largest absolute Gasteiger partial charge is 0.455 e. The Hall–Kier alpha value is -2.06. The van der Waals surface area contributed by atoms with Crippen molar-refractivity contribution in [3.63, 3.8) is 0 Å². The minimum Gasteiger partial charge on any atom is -0.455 e. The van der Waals surface area contributed by atoms with E-state index < -0.39 is 0 Å². The first-order chi connectivity index (χ1) is 14.7. The van der Waals surface area contributed by atoms with Crippen LogP contribution in [0.1, 0.15) is 48.7 Å². The van der Waals surface area contributed by atoms with E-state index in [9.17, 15) is 4.79 Å². The van der Waals surface area contributed by atoms with Crippen LogP contribution in [0.4, 0.5) is 5.82 Å². The molecular formula is C22H32N5O2S+. The molecule has 0 aromatic carbocycles. The van der Waals surface area contributed by atoms with E-state index >= 15 is 0 Å². The first kappa shape index (κ1) is 21.2. The number of likely N-dealkylation sites (N-methyl/N-ethyl adjacent to an activating group) is 1. The highest BCUT2D eigenvalue weighted by atomic mass is 32.2. The van der Waals surface area contributed by atoms with Crippen molar-refractivity contribution >= 4 is 23.5 Å². The molecule has 2 saturated heterocycles.